The van der Waals surface area contributed by atoms with Gasteiger partial charge in [-0.15, -0.1) is 12.3 Å². The van der Waals surface area contributed by atoms with Crippen molar-refractivity contribution < 1.29 is 18.8 Å². The molecule has 0 spiro atoms. The van der Waals surface area contributed by atoms with E-state index in [0.29, 0.717) is 16.7 Å². The van der Waals surface area contributed by atoms with Crippen molar-refractivity contribution in [1.29, 1.82) is 0 Å². The molecule has 3 aromatic carbocycles. The van der Waals surface area contributed by atoms with Crippen LogP contribution in [0.2, 0.25) is 0 Å². The summed E-state index contributed by atoms with van der Waals surface area (Å²) in [6.07, 6.45) is 5.61. The van der Waals surface area contributed by atoms with Crippen LogP contribution in [0.25, 0.3) is 16.7 Å². The highest BCUT2D eigenvalue weighted by atomic mass is 19.1. The van der Waals surface area contributed by atoms with Crippen LogP contribution >= 0.6 is 0 Å². The summed E-state index contributed by atoms with van der Waals surface area (Å²) in [5.74, 6) is 0.746. The minimum atomic E-state index is -0.710. The van der Waals surface area contributed by atoms with Crippen molar-refractivity contribution in [2.75, 3.05) is 5.32 Å². The van der Waals surface area contributed by atoms with Crippen LogP contribution in [0.15, 0.2) is 66.7 Å². The van der Waals surface area contributed by atoms with Crippen LogP contribution in [-0.2, 0) is 4.79 Å². The van der Waals surface area contributed by atoms with Gasteiger partial charge in [-0.1, -0.05) is 18.2 Å². The summed E-state index contributed by atoms with van der Waals surface area (Å²) in [5, 5.41) is 2.73. The molecule has 0 radical (unpaired) electrons. The number of halogens is 1. The molecule has 2 amide bonds. The number of nitrogens with two attached hydrogens (primary N) is 1. The lowest BCUT2D eigenvalue weighted by molar-refractivity contribution is -0.116. The molecule has 0 aliphatic rings. The molecule has 0 atom stereocenters. The number of nitrogens with zero attached hydrogens (tertiary/aromatic N) is 2. The number of carbonyl (C=O) groups excluding carboxylic acids is 3. The van der Waals surface area contributed by atoms with Gasteiger partial charge in [-0.2, -0.15) is 0 Å². The van der Waals surface area contributed by atoms with Gasteiger partial charge in [0.05, 0.1) is 16.6 Å². The Hall–Kier alpha value is -4.77. The molecule has 1 aromatic heterocycles. The molecule has 1 heterocycles. The van der Waals surface area contributed by atoms with Crippen LogP contribution in [0, 0.1) is 18.2 Å². The maximum Gasteiger partial charge on any atom is 0.249 e. The lowest BCUT2D eigenvalue weighted by Gasteiger charge is -2.11. The third-order valence-electron chi connectivity index (χ3n) is 5.19. The van der Waals surface area contributed by atoms with E-state index in [0.717, 1.165) is 0 Å². The molecule has 3 N–H and O–H groups in total. The van der Waals surface area contributed by atoms with Crippen LogP contribution in [0.5, 0.6) is 0 Å². The van der Waals surface area contributed by atoms with Crippen molar-refractivity contribution in [3.8, 4) is 18.0 Å². The van der Waals surface area contributed by atoms with Crippen LogP contribution < -0.4 is 11.1 Å². The predicted molar refractivity (Wildman–Crippen MR) is 126 cm³/mol. The molecule has 8 heteroatoms. The van der Waals surface area contributed by atoms with Crippen molar-refractivity contribution in [2.45, 2.75) is 12.8 Å². The van der Waals surface area contributed by atoms with E-state index in [1.54, 1.807) is 34.9 Å². The number of ketones is 1. The topological polar surface area (TPSA) is 107 Å². The van der Waals surface area contributed by atoms with Gasteiger partial charge in [0.15, 0.2) is 5.78 Å². The molecule has 4 aromatic rings. The fraction of sp³-hybridized carbons (Fsp3) is 0.0769. The van der Waals surface area contributed by atoms with E-state index in [4.69, 9.17) is 12.2 Å². The van der Waals surface area contributed by atoms with Gasteiger partial charge in [-0.25, -0.2) is 9.37 Å². The molecule has 168 valence electrons. The van der Waals surface area contributed by atoms with Crippen molar-refractivity contribution in [3.05, 3.63) is 89.2 Å². The Morgan fingerprint density at radius 3 is 2.41 bits per heavy atom. The summed E-state index contributed by atoms with van der Waals surface area (Å²) in [6.45, 7) is 0. The number of terminal acetylenes is 1. The number of carbonyl (C=O) groups is 3. The second-order valence-corrected chi connectivity index (χ2v) is 7.44. The quantitative estimate of drug-likeness (QED) is 0.327. The summed E-state index contributed by atoms with van der Waals surface area (Å²) in [4.78, 5) is 41.8. The van der Waals surface area contributed by atoms with E-state index in [2.05, 4.69) is 16.2 Å². The van der Waals surface area contributed by atoms with Gasteiger partial charge in [0.2, 0.25) is 17.8 Å². The van der Waals surface area contributed by atoms with E-state index >= 15 is 0 Å². The van der Waals surface area contributed by atoms with Crippen molar-refractivity contribution in [3.63, 3.8) is 0 Å². The van der Waals surface area contributed by atoms with Crippen molar-refractivity contribution in [2.24, 2.45) is 5.73 Å². The number of anilines is 1. The van der Waals surface area contributed by atoms with Gasteiger partial charge in [-0.05, 0) is 48.5 Å². The third kappa shape index (κ3) is 4.40. The number of rotatable bonds is 7. The predicted octanol–water partition coefficient (Wildman–Crippen LogP) is 3.85. The molecule has 4 rings (SSSR count). The number of benzene rings is 3. The van der Waals surface area contributed by atoms with Gasteiger partial charge >= 0.3 is 0 Å². The minimum absolute atomic E-state index is 0.108. The second kappa shape index (κ2) is 9.38. The van der Waals surface area contributed by atoms with Gasteiger partial charge in [0.25, 0.3) is 0 Å². The van der Waals surface area contributed by atoms with Crippen LogP contribution in [-0.4, -0.2) is 27.1 Å². The summed E-state index contributed by atoms with van der Waals surface area (Å²) >= 11 is 0. The number of hydrogen-bond donors (Lipinski definition) is 2. The first-order chi connectivity index (χ1) is 16.4. The van der Waals surface area contributed by atoms with Crippen molar-refractivity contribution in [1.82, 2.24) is 9.55 Å². The zero-order valence-corrected chi connectivity index (χ0v) is 17.9. The van der Waals surface area contributed by atoms with Crippen molar-refractivity contribution >= 4 is 34.6 Å². The van der Waals surface area contributed by atoms with E-state index < -0.39 is 17.5 Å². The van der Waals surface area contributed by atoms with Crippen LogP contribution in [0.1, 0.15) is 39.1 Å². The number of nitrogens with one attached hydrogen (secondary N) is 1. The fourth-order valence-electron chi connectivity index (χ4n) is 3.58. The summed E-state index contributed by atoms with van der Waals surface area (Å²) in [7, 11) is 0. The molecule has 0 saturated heterocycles. The molecule has 0 aliphatic carbocycles. The Morgan fingerprint density at radius 1 is 1.03 bits per heavy atom. The number of imidazole rings is 1. The van der Waals surface area contributed by atoms with E-state index in [9.17, 15) is 18.8 Å². The number of primary amides is 1. The maximum absolute atomic E-state index is 13.6. The minimum Gasteiger partial charge on any atom is -0.366 e. The molecule has 0 saturated carbocycles. The van der Waals surface area contributed by atoms with Gasteiger partial charge in [0.1, 0.15) is 5.82 Å². The van der Waals surface area contributed by atoms with Gasteiger partial charge in [-0.3, -0.25) is 24.3 Å². The number of fused-ring (bicyclic) bond motifs is 1. The zero-order valence-electron chi connectivity index (χ0n) is 17.9. The first kappa shape index (κ1) is 22.4. The molecule has 0 fully saturated rings. The maximum atomic E-state index is 13.6. The van der Waals surface area contributed by atoms with E-state index in [1.807, 2.05) is 0 Å². The summed E-state index contributed by atoms with van der Waals surface area (Å²) in [5.41, 5.74) is 7.52. The Morgan fingerprint density at radius 2 is 1.74 bits per heavy atom. The van der Waals surface area contributed by atoms with E-state index in [-0.39, 0.29) is 41.4 Å². The highest BCUT2D eigenvalue weighted by Gasteiger charge is 2.20. The molecular formula is C26H19FN4O3. The fourth-order valence-corrected chi connectivity index (χ4v) is 3.58. The lowest BCUT2D eigenvalue weighted by atomic mass is 9.97. The zero-order chi connectivity index (χ0) is 24.2. The van der Waals surface area contributed by atoms with E-state index in [1.165, 1.54) is 36.4 Å². The Bertz CT molecular complexity index is 1470. The highest BCUT2D eigenvalue weighted by Crippen LogP contribution is 2.27. The van der Waals surface area contributed by atoms with Gasteiger partial charge in [0, 0.05) is 29.7 Å². The standard InChI is InChI=1S/C26H19FN4O3/c1-2-3-8-23(32)30-26-29-21-14-9-16(24(33)19-6-4-5-7-20(19)25(28)34)15-22(21)31(26)18-12-10-17(27)11-13-18/h1,4-7,9-15H,3,8H2,(H2,28,34)(H,29,30,32). The average molecular weight is 454 g/mol. The highest BCUT2D eigenvalue weighted by molar-refractivity contribution is 6.16. The Balaban J connectivity index is 1.84. The second-order valence-electron chi connectivity index (χ2n) is 7.44. The normalized spacial score (nSPS) is 10.6. The smallest absolute Gasteiger partial charge is 0.249 e. The first-order valence-corrected chi connectivity index (χ1v) is 10.3. The Labute approximate surface area is 194 Å². The molecule has 7 nitrogen and oxygen atoms in total. The van der Waals surface area contributed by atoms with Crippen LogP contribution in [0.3, 0.4) is 0 Å². The number of hydrogen-bond acceptors (Lipinski definition) is 4. The van der Waals surface area contributed by atoms with Crippen LogP contribution in [0.4, 0.5) is 10.3 Å². The summed E-state index contributed by atoms with van der Waals surface area (Å²) < 4.78 is 15.2. The third-order valence-corrected chi connectivity index (χ3v) is 5.19. The van der Waals surface area contributed by atoms with Gasteiger partial charge < -0.3 is 5.73 Å². The largest absolute Gasteiger partial charge is 0.366 e. The number of aromatic nitrogens is 2. The SMILES string of the molecule is C#CCCC(=O)Nc1nc2ccc(C(=O)c3ccccc3C(N)=O)cc2n1-c1ccc(F)cc1. The molecule has 0 bridgehead atoms. The molecular weight excluding hydrogens is 435 g/mol. The Kier molecular flexibility index (Phi) is 6.19. The summed E-state index contributed by atoms with van der Waals surface area (Å²) in [6, 6.07) is 16.7. The molecule has 0 aliphatic heterocycles. The lowest BCUT2D eigenvalue weighted by Crippen LogP contribution is -2.16. The molecule has 0 unspecified atom stereocenters. The molecule has 34 heavy (non-hydrogen) atoms. The number of amides is 2. The monoisotopic (exact) mass is 454 g/mol. The first-order valence-electron chi connectivity index (χ1n) is 10.3. The average Bonchev–Trinajstić information content (AvgIpc) is 3.19.